The van der Waals surface area contributed by atoms with Crippen LogP contribution in [0.3, 0.4) is 0 Å². The van der Waals surface area contributed by atoms with Gasteiger partial charge in [0, 0.05) is 35.2 Å². The van der Waals surface area contributed by atoms with Crippen LogP contribution in [-0.2, 0) is 21.4 Å². The Balaban J connectivity index is 0.00000306. The lowest BCUT2D eigenvalue weighted by Crippen LogP contribution is -3.00. The summed E-state index contributed by atoms with van der Waals surface area (Å²) in [6, 6.07) is 7.55. The number of aryl methyl sites for hydroxylation is 3. The normalized spacial score (nSPS) is 11.7. The first kappa shape index (κ1) is 25.0. The van der Waals surface area contributed by atoms with Crippen molar-refractivity contribution in [1.82, 2.24) is 9.71 Å². The van der Waals surface area contributed by atoms with E-state index in [1.54, 1.807) is 6.07 Å². The van der Waals surface area contributed by atoms with Crippen LogP contribution in [0.15, 0.2) is 36.7 Å². The molecule has 0 fully saturated rings. The fraction of sp³-hybridized carbons (Fsp3) is 0.333. The zero-order valence-corrected chi connectivity index (χ0v) is 21.3. The second kappa shape index (κ2) is 9.69. The number of H-pyrrole nitrogens is 1. The van der Waals surface area contributed by atoms with E-state index in [2.05, 4.69) is 41.9 Å². The smallest absolute Gasteiger partial charge is 0.233 e. The zero-order chi connectivity index (χ0) is 23.0. The van der Waals surface area contributed by atoms with Gasteiger partial charge >= 0.3 is 0 Å². The van der Waals surface area contributed by atoms with Gasteiger partial charge in [-0.05, 0) is 61.4 Å². The Morgan fingerprint density at radius 3 is 2.55 bits per heavy atom. The third-order valence-corrected chi connectivity index (χ3v) is 6.58. The van der Waals surface area contributed by atoms with Crippen molar-refractivity contribution in [1.29, 1.82) is 0 Å². The monoisotopic (exact) mass is 533 g/mol. The molecule has 2 heterocycles. The lowest BCUT2D eigenvalue weighted by atomic mass is 9.97. The second-order valence-electron chi connectivity index (χ2n) is 8.47. The summed E-state index contributed by atoms with van der Waals surface area (Å²) < 4.78 is 26.3. The van der Waals surface area contributed by atoms with Gasteiger partial charge in [-0.25, -0.2) is 13.0 Å². The van der Waals surface area contributed by atoms with Crippen molar-refractivity contribution < 1.29 is 39.9 Å². The number of carbonyl (C=O) groups excluding carboxylic acids is 1. The van der Waals surface area contributed by atoms with Gasteiger partial charge in [-0.3, -0.25) is 9.52 Å². The molecule has 176 valence electrons. The minimum Gasteiger partial charge on any atom is -1.00 e. The van der Waals surface area contributed by atoms with Gasteiger partial charge in [0.25, 0.3) is 0 Å². The molecule has 0 atom stereocenters. The minimum atomic E-state index is -3.48. The molecule has 0 unspecified atom stereocenters. The van der Waals surface area contributed by atoms with Crippen LogP contribution in [-0.4, -0.2) is 30.7 Å². The molecule has 0 bridgehead atoms. The lowest BCUT2D eigenvalue weighted by molar-refractivity contribution is -0.696. The van der Waals surface area contributed by atoms with Crippen molar-refractivity contribution in [3.63, 3.8) is 0 Å². The van der Waals surface area contributed by atoms with Gasteiger partial charge in [0.15, 0.2) is 12.4 Å². The lowest BCUT2D eigenvalue weighted by Gasteiger charge is -2.08. The number of hydrogen-bond donors (Lipinski definition) is 3. The van der Waals surface area contributed by atoms with Gasteiger partial charge in [-0.1, -0.05) is 0 Å². The van der Waals surface area contributed by atoms with E-state index in [1.807, 2.05) is 16.9 Å². The maximum absolute atomic E-state index is 11.6. The number of nitrogens with one attached hydrogen (secondary N) is 2. The van der Waals surface area contributed by atoms with Crippen molar-refractivity contribution in [2.24, 2.45) is 0 Å². The predicted octanol–water partition coefficient (Wildman–Crippen LogP) is 0.724. The van der Waals surface area contributed by atoms with Gasteiger partial charge in [0.1, 0.15) is 12.3 Å². The van der Waals surface area contributed by atoms with Crippen LogP contribution in [0, 0.1) is 13.8 Å². The molecule has 0 aliphatic carbocycles. The van der Waals surface area contributed by atoms with E-state index < -0.39 is 15.9 Å². The van der Waals surface area contributed by atoms with Crippen LogP contribution < -0.4 is 26.3 Å². The summed E-state index contributed by atoms with van der Waals surface area (Å²) in [5.41, 5.74) is 4.45. The molecule has 3 N–H and O–H groups in total. The number of hydrogen-bond acceptors (Lipinski definition) is 4. The number of nitrogens with zero attached hydrogens (tertiary/aromatic N) is 1. The summed E-state index contributed by atoms with van der Waals surface area (Å²) in [5.74, 6) is -0.192. The first-order valence-electron chi connectivity index (χ1n) is 10.7. The van der Waals surface area contributed by atoms with Crippen molar-refractivity contribution in [3.8, 4) is 5.75 Å². The van der Waals surface area contributed by atoms with Crippen LogP contribution in [0.25, 0.3) is 32.6 Å². The number of fused-ring (bicyclic) bond motifs is 4. The van der Waals surface area contributed by atoms with E-state index in [0.29, 0.717) is 6.42 Å². The number of aromatic amines is 1. The fourth-order valence-corrected chi connectivity index (χ4v) is 4.95. The Labute approximate surface area is 203 Å². The van der Waals surface area contributed by atoms with E-state index in [-0.39, 0.29) is 29.2 Å². The zero-order valence-electron chi connectivity index (χ0n) is 18.9. The summed E-state index contributed by atoms with van der Waals surface area (Å²) in [4.78, 5) is 15.1. The van der Waals surface area contributed by atoms with Crippen LogP contribution in [0.5, 0.6) is 5.75 Å². The first-order chi connectivity index (χ1) is 15.1. The molecule has 4 aromatic rings. The largest absolute Gasteiger partial charge is 1.00 e. The Hall–Kier alpha value is -2.65. The Morgan fingerprint density at radius 2 is 1.82 bits per heavy atom. The van der Waals surface area contributed by atoms with E-state index in [4.69, 9.17) is 0 Å². The highest BCUT2D eigenvalue weighted by atomic mass is 79.9. The number of unbranched alkanes of at least 4 members (excludes halogenated alkanes) is 2. The molecule has 0 radical (unpaired) electrons. The maximum Gasteiger partial charge on any atom is 0.233 e. The number of phenols is 1. The molecule has 0 spiro atoms. The average molecular weight is 534 g/mol. The summed E-state index contributed by atoms with van der Waals surface area (Å²) >= 11 is 0. The third-order valence-electron chi connectivity index (χ3n) is 5.98. The number of halogens is 1. The number of rotatable bonds is 7. The summed E-state index contributed by atoms with van der Waals surface area (Å²) in [5, 5.41) is 14.5. The number of carbonyl (C=O) groups is 1. The van der Waals surface area contributed by atoms with E-state index in [1.165, 1.54) is 21.9 Å². The molecule has 1 amide bonds. The van der Waals surface area contributed by atoms with Gasteiger partial charge < -0.3 is 27.1 Å². The number of aromatic nitrogens is 2. The Bertz CT molecular complexity index is 1460. The molecule has 33 heavy (non-hydrogen) atoms. The third kappa shape index (κ3) is 5.30. The fourth-order valence-electron chi connectivity index (χ4n) is 4.44. The van der Waals surface area contributed by atoms with Crippen molar-refractivity contribution in [3.05, 3.63) is 47.8 Å². The molecule has 0 aliphatic heterocycles. The highest BCUT2D eigenvalue weighted by Crippen LogP contribution is 2.37. The molecular formula is C24H28BrN3O4S. The summed E-state index contributed by atoms with van der Waals surface area (Å²) in [7, 11) is -3.48. The quantitative estimate of drug-likeness (QED) is 0.240. The predicted molar refractivity (Wildman–Crippen MR) is 126 cm³/mol. The topological polar surface area (TPSA) is 103 Å². The Morgan fingerprint density at radius 1 is 1.06 bits per heavy atom. The molecule has 0 aliphatic rings. The van der Waals surface area contributed by atoms with Crippen molar-refractivity contribution >= 4 is 48.5 Å². The number of amides is 1. The maximum atomic E-state index is 11.6. The average Bonchev–Trinajstić information content (AvgIpc) is 3.09. The summed E-state index contributed by atoms with van der Waals surface area (Å²) in [6.45, 7) is 5.05. The Kier molecular flexibility index (Phi) is 7.33. The molecule has 9 heteroatoms. The van der Waals surface area contributed by atoms with Gasteiger partial charge in [-0.15, -0.1) is 0 Å². The first-order valence-corrected chi connectivity index (χ1v) is 12.6. The molecule has 4 rings (SSSR count). The SMILES string of the molecule is Cc1c2c[n+](CCCCCC(=O)NS(C)(=O)=O)ccc2c(C)c2c1[nH]c1ccc(O)cc12.[Br-]. The summed E-state index contributed by atoms with van der Waals surface area (Å²) in [6.07, 6.45) is 7.81. The molecule has 7 nitrogen and oxygen atoms in total. The number of sulfonamides is 1. The molecule has 2 aromatic carbocycles. The molecular weight excluding hydrogens is 506 g/mol. The minimum absolute atomic E-state index is 0. The number of phenolic OH excluding ortho intramolecular Hbond substituents is 1. The highest BCUT2D eigenvalue weighted by molar-refractivity contribution is 7.89. The molecule has 0 saturated heterocycles. The van der Waals surface area contributed by atoms with Crippen LogP contribution in [0.4, 0.5) is 0 Å². The molecule has 0 saturated carbocycles. The van der Waals surface area contributed by atoms with E-state index in [0.717, 1.165) is 47.4 Å². The van der Waals surface area contributed by atoms with Gasteiger partial charge in [0.2, 0.25) is 15.9 Å². The second-order valence-corrected chi connectivity index (χ2v) is 10.2. The standard InChI is InChI=1S/C24H27N3O4S.BrH/c1-15-18-10-12-27(11-6-4-5-7-22(29)26-32(3,30)31)14-20(18)16(2)24-23(15)19-13-17(28)8-9-21(19)25-24;/h8-10,12-14H,4-7,11H2,1-3H3,(H2,26,28,29);1H. The van der Waals surface area contributed by atoms with E-state index in [9.17, 15) is 18.3 Å². The van der Waals surface area contributed by atoms with Gasteiger partial charge in [-0.2, -0.15) is 0 Å². The van der Waals surface area contributed by atoms with Crippen molar-refractivity contribution in [2.45, 2.75) is 46.1 Å². The van der Waals surface area contributed by atoms with Crippen LogP contribution >= 0.6 is 0 Å². The molecule has 2 aromatic heterocycles. The number of aromatic hydroxyl groups is 1. The highest BCUT2D eigenvalue weighted by Gasteiger charge is 2.17. The number of pyridine rings is 1. The number of benzene rings is 2. The van der Waals surface area contributed by atoms with Crippen LogP contribution in [0.1, 0.15) is 36.8 Å². The van der Waals surface area contributed by atoms with Crippen LogP contribution in [0.2, 0.25) is 0 Å². The van der Waals surface area contributed by atoms with E-state index >= 15 is 0 Å². The van der Waals surface area contributed by atoms with Gasteiger partial charge in [0.05, 0.1) is 17.2 Å². The van der Waals surface area contributed by atoms with Crippen molar-refractivity contribution in [2.75, 3.05) is 6.26 Å².